The Morgan fingerprint density at radius 1 is 1.09 bits per heavy atom. The van der Waals surface area contributed by atoms with Crippen molar-refractivity contribution < 1.29 is 28.6 Å². The van der Waals surface area contributed by atoms with Crippen LogP contribution in [0.4, 0.5) is 0 Å². The van der Waals surface area contributed by atoms with E-state index in [2.05, 4.69) is 0 Å². The van der Waals surface area contributed by atoms with Gasteiger partial charge in [-0.2, -0.15) is 0 Å². The lowest BCUT2D eigenvalue weighted by atomic mass is 9.88. The first-order valence-corrected chi connectivity index (χ1v) is 6.94. The van der Waals surface area contributed by atoms with E-state index in [0.29, 0.717) is 5.75 Å². The standard InChI is InChI=1S/C17H16O6/c1-4-23-14(19)8-5-10-9-11(18)15-12(21-2)6-7-13(22-3)16(15)17(10)20/h5-9H,4H2,1-3H3/b8-5+. The molecule has 1 aromatic carbocycles. The van der Waals surface area contributed by atoms with Crippen LogP contribution < -0.4 is 9.47 Å². The third-order valence-corrected chi connectivity index (χ3v) is 3.28. The summed E-state index contributed by atoms with van der Waals surface area (Å²) >= 11 is 0. The van der Waals surface area contributed by atoms with Gasteiger partial charge in [0.15, 0.2) is 11.6 Å². The van der Waals surface area contributed by atoms with Gasteiger partial charge in [0, 0.05) is 11.6 Å². The number of ketones is 2. The predicted molar refractivity (Wildman–Crippen MR) is 82.1 cm³/mol. The van der Waals surface area contributed by atoms with E-state index in [4.69, 9.17) is 14.2 Å². The van der Waals surface area contributed by atoms with Crippen molar-refractivity contribution in [2.24, 2.45) is 0 Å². The highest BCUT2D eigenvalue weighted by Gasteiger charge is 2.31. The number of methoxy groups -OCH3 is 2. The lowest BCUT2D eigenvalue weighted by molar-refractivity contribution is -0.137. The maximum absolute atomic E-state index is 12.6. The molecule has 0 unspecified atom stereocenters. The minimum absolute atomic E-state index is 0.0853. The molecular formula is C17H16O6. The molecule has 0 saturated carbocycles. The Hall–Kier alpha value is -2.89. The molecule has 0 saturated heterocycles. The van der Waals surface area contributed by atoms with Crippen molar-refractivity contribution in [3.05, 3.63) is 47.1 Å². The van der Waals surface area contributed by atoms with Crippen molar-refractivity contribution >= 4 is 17.5 Å². The summed E-state index contributed by atoms with van der Waals surface area (Å²) in [4.78, 5) is 36.3. The van der Waals surface area contributed by atoms with Crippen LogP contribution in [-0.4, -0.2) is 38.4 Å². The number of allylic oxidation sites excluding steroid dienone is 3. The number of hydrogen-bond acceptors (Lipinski definition) is 6. The van der Waals surface area contributed by atoms with E-state index in [1.165, 1.54) is 26.4 Å². The van der Waals surface area contributed by atoms with E-state index in [0.717, 1.165) is 6.08 Å². The normalized spacial score (nSPS) is 13.6. The Morgan fingerprint density at radius 3 is 2.26 bits per heavy atom. The number of fused-ring (bicyclic) bond motifs is 1. The van der Waals surface area contributed by atoms with Crippen LogP contribution in [0.5, 0.6) is 11.5 Å². The largest absolute Gasteiger partial charge is 0.496 e. The van der Waals surface area contributed by atoms with Gasteiger partial charge in [-0.25, -0.2) is 4.79 Å². The van der Waals surface area contributed by atoms with Crippen LogP contribution in [0.2, 0.25) is 0 Å². The molecule has 0 fully saturated rings. The number of hydrogen-bond donors (Lipinski definition) is 0. The molecule has 23 heavy (non-hydrogen) atoms. The molecule has 0 aliphatic heterocycles. The second kappa shape index (κ2) is 6.91. The number of esters is 1. The highest BCUT2D eigenvalue weighted by Crippen LogP contribution is 2.35. The maximum Gasteiger partial charge on any atom is 0.330 e. The summed E-state index contributed by atoms with van der Waals surface area (Å²) in [5, 5.41) is 0. The van der Waals surface area contributed by atoms with Gasteiger partial charge in [-0.1, -0.05) is 0 Å². The molecule has 1 aromatic rings. The Bertz CT molecular complexity index is 727. The molecule has 1 aliphatic rings. The zero-order valence-corrected chi connectivity index (χ0v) is 13.0. The topological polar surface area (TPSA) is 78.9 Å². The third kappa shape index (κ3) is 3.15. The number of benzene rings is 1. The van der Waals surface area contributed by atoms with Crippen LogP contribution in [0.1, 0.15) is 27.6 Å². The van der Waals surface area contributed by atoms with Crippen LogP contribution in [-0.2, 0) is 9.53 Å². The van der Waals surface area contributed by atoms with Crippen molar-refractivity contribution in [1.82, 2.24) is 0 Å². The summed E-state index contributed by atoms with van der Waals surface area (Å²) < 4.78 is 15.1. The van der Waals surface area contributed by atoms with Crippen LogP contribution in [0.3, 0.4) is 0 Å². The van der Waals surface area contributed by atoms with Gasteiger partial charge in [0.05, 0.1) is 32.0 Å². The smallest absolute Gasteiger partial charge is 0.330 e. The first kappa shape index (κ1) is 16.5. The molecule has 2 rings (SSSR count). The molecule has 6 heteroatoms. The molecule has 0 spiro atoms. The Balaban J connectivity index is 2.48. The summed E-state index contributed by atoms with van der Waals surface area (Å²) in [7, 11) is 2.83. The number of rotatable bonds is 5. The van der Waals surface area contributed by atoms with Crippen molar-refractivity contribution in [2.45, 2.75) is 6.92 Å². The summed E-state index contributed by atoms with van der Waals surface area (Å²) in [5.74, 6) is -0.829. The van der Waals surface area contributed by atoms with Gasteiger partial charge in [0.2, 0.25) is 0 Å². The number of carbonyl (C=O) groups excluding carboxylic acids is 3. The lowest BCUT2D eigenvalue weighted by Gasteiger charge is -2.18. The molecular weight excluding hydrogens is 300 g/mol. The van der Waals surface area contributed by atoms with Gasteiger partial charge in [-0.05, 0) is 31.2 Å². The van der Waals surface area contributed by atoms with Gasteiger partial charge in [0.1, 0.15) is 11.5 Å². The summed E-state index contributed by atoms with van der Waals surface area (Å²) in [6.45, 7) is 1.90. The third-order valence-electron chi connectivity index (χ3n) is 3.28. The molecule has 0 radical (unpaired) electrons. The van der Waals surface area contributed by atoms with E-state index in [-0.39, 0.29) is 34.8 Å². The van der Waals surface area contributed by atoms with Gasteiger partial charge in [-0.15, -0.1) is 0 Å². The maximum atomic E-state index is 12.6. The first-order valence-electron chi connectivity index (χ1n) is 6.94. The van der Waals surface area contributed by atoms with E-state index < -0.39 is 11.8 Å². The van der Waals surface area contributed by atoms with E-state index in [1.54, 1.807) is 19.1 Å². The lowest BCUT2D eigenvalue weighted by Crippen LogP contribution is -2.18. The fourth-order valence-electron chi connectivity index (χ4n) is 2.27. The Morgan fingerprint density at radius 2 is 1.70 bits per heavy atom. The zero-order chi connectivity index (χ0) is 17.0. The zero-order valence-electron chi connectivity index (χ0n) is 13.0. The van der Waals surface area contributed by atoms with Crippen molar-refractivity contribution in [1.29, 1.82) is 0 Å². The van der Waals surface area contributed by atoms with Crippen molar-refractivity contribution in [3.8, 4) is 11.5 Å². The highest BCUT2D eigenvalue weighted by molar-refractivity contribution is 6.27. The van der Waals surface area contributed by atoms with Crippen LogP contribution in [0.15, 0.2) is 35.9 Å². The second-order valence-electron chi connectivity index (χ2n) is 4.60. The minimum atomic E-state index is -0.586. The van der Waals surface area contributed by atoms with Crippen LogP contribution >= 0.6 is 0 Å². The fourth-order valence-corrected chi connectivity index (χ4v) is 2.27. The minimum Gasteiger partial charge on any atom is -0.496 e. The SMILES string of the molecule is CCOC(=O)/C=C/C1=CC(=O)c2c(OC)ccc(OC)c2C1=O. The van der Waals surface area contributed by atoms with Gasteiger partial charge < -0.3 is 14.2 Å². The molecule has 0 aromatic heterocycles. The highest BCUT2D eigenvalue weighted by atomic mass is 16.5. The first-order chi connectivity index (χ1) is 11.0. The molecule has 120 valence electrons. The van der Waals surface area contributed by atoms with Crippen molar-refractivity contribution in [2.75, 3.05) is 20.8 Å². The summed E-state index contributed by atoms with van der Waals surface area (Å²) in [6, 6.07) is 3.12. The van der Waals surface area contributed by atoms with Crippen molar-refractivity contribution in [3.63, 3.8) is 0 Å². The molecule has 0 heterocycles. The monoisotopic (exact) mass is 316 g/mol. The number of carbonyl (C=O) groups is 3. The molecule has 6 nitrogen and oxygen atoms in total. The van der Waals surface area contributed by atoms with E-state index >= 15 is 0 Å². The van der Waals surface area contributed by atoms with E-state index in [9.17, 15) is 14.4 Å². The van der Waals surface area contributed by atoms with Gasteiger partial charge in [-0.3, -0.25) is 9.59 Å². The van der Waals surface area contributed by atoms with E-state index in [1.807, 2.05) is 0 Å². The number of Topliss-reactive ketones (excluding diaryl/α,β-unsaturated/α-hetero) is 1. The average Bonchev–Trinajstić information content (AvgIpc) is 2.55. The Kier molecular flexibility index (Phi) is 4.95. The predicted octanol–water partition coefficient (Wildman–Crippen LogP) is 2.13. The fraction of sp³-hybridized carbons (Fsp3) is 0.235. The molecule has 0 atom stereocenters. The quantitative estimate of drug-likeness (QED) is 0.611. The molecule has 1 aliphatic carbocycles. The molecule has 0 N–H and O–H groups in total. The summed E-state index contributed by atoms with van der Waals surface area (Å²) in [5.41, 5.74) is 0.370. The summed E-state index contributed by atoms with van der Waals surface area (Å²) in [6.07, 6.45) is 3.54. The Labute approximate surface area is 133 Å². The average molecular weight is 316 g/mol. The molecule has 0 amide bonds. The van der Waals surface area contributed by atoms with Crippen LogP contribution in [0.25, 0.3) is 0 Å². The number of ether oxygens (including phenoxy) is 3. The van der Waals surface area contributed by atoms with Gasteiger partial charge >= 0.3 is 5.97 Å². The second-order valence-corrected chi connectivity index (χ2v) is 4.60. The molecule has 0 bridgehead atoms. The van der Waals surface area contributed by atoms with Crippen LogP contribution in [0, 0.1) is 0 Å². The van der Waals surface area contributed by atoms with Gasteiger partial charge in [0.25, 0.3) is 0 Å².